The zero-order chi connectivity index (χ0) is 12.9. The molecule has 0 radical (unpaired) electrons. The zero-order valence-corrected chi connectivity index (χ0v) is 11.4. The van der Waals surface area contributed by atoms with E-state index in [-0.39, 0.29) is 17.6 Å². The average Bonchev–Trinajstić information content (AvgIpc) is 2.53. The third-order valence-corrected chi connectivity index (χ3v) is 3.60. The van der Waals surface area contributed by atoms with Gasteiger partial charge in [-0.1, -0.05) is 12.8 Å². The second kappa shape index (κ2) is 6.36. The number of nitrogens with two attached hydrogens (primary N) is 1. The predicted molar refractivity (Wildman–Crippen MR) is 68.7 cm³/mol. The minimum Gasteiger partial charge on any atom is -0.378 e. The molecule has 0 saturated carbocycles. The molecule has 1 unspecified atom stereocenters. The molecule has 0 aromatic rings. The summed E-state index contributed by atoms with van der Waals surface area (Å²) in [5.41, 5.74) is 5.39. The number of hydrogen-bond donors (Lipinski definition) is 1. The summed E-state index contributed by atoms with van der Waals surface area (Å²) in [6, 6.07) is 0.220. The van der Waals surface area contributed by atoms with Crippen LogP contribution in [0.15, 0.2) is 0 Å². The number of ether oxygens (including phenoxy) is 1. The van der Waals surface area contributed by atoms with Crippen molar-refractivity contribution in [3.63, 3.8) is 0 Å². The number of hydrogen-bond acceptors (Lipinski definition) is 3. The van der Waals surface area contributed by atoms with Crippen molar-refractivity contribution in [1.82, 2.24) is 4.90 Å². The maximum Gasteiger partial charge on any atom is 0.225 e. The third-order valence-electron chi connectivity index (χ3n) is 3.60. The van der Waals surface area contributed by atoms with Crippen LogP contribution < -0.4 is 5.73 Å². The van der Waals surface area contributed by atoms with Crippen molar-refractivity contribution in [2.75, 3.05) is 20.2 Å². The van der Waals surface area contributed by atoms with Crippen LogP contribution in [0.5, 0.6) is 0 Å². The van der Waals surface area contributed by atoms with Crippen LogP contribution in [-0.2, 0) is 9.53 Å². The predicted octanol–water partition coefficient (Wildman–Crippen LogP) is 1.53. The van der Waals surface area contributed by atoms with Gasteiger partial charge in [-0.25, -0.2) is 0 Å². The molecule has 1 amide bonds. The molecule has 0 aromatic heterocycles. The topological polar surface area (TPSA) is 55.6 Å². The van der Waals surface area contributed by atoms with Gasteiger partial charge in [0, 0.05) is 26.2 Å². The summed E-state index contributed by atoms with van der Waals surface area (Å²) in [6.45, 7) is 5.31. The molecule has 1 aliphatic heterocycles. The van der Waals surface area contributed by atoms with Crippen molar-refractivity contribution in [1.29, 1.82) is 0 Å². The van der Waals surface area contributed by atoms with E-state index >= 15 is 0 Å². The maximum absolute atomic E-state index is 12.3. The number of amides is 1. The normalized spacial score (nSPS) is 22.4. The van der Waals surface area contributed by atoms with Gasteiger partial charge in [-0.2, -0.15) is 0 Å². The van der Waals surface area contributed by atoms with E-state index < -0.39 is 0 Å². The van der Waals surface area contributed by atoms with E-state index in [1.54, 1.807) is 7.11 Å². The Balaban J connectivity index is 2.64. The van der Waals surface area contributed by atoms with E-state index in [1.165, 1.54) is 12.8 Å². The fraction of sp³-hybridized carbons (Fsp3) is 0.923. The van der Waals surface area contributed by atoms with Crippen LogP contribution in [0.25, 0.3) is 0 Å². The molecular weight excluding hydrogens is 216 g/mol. The van der Waals surface area contributed by atoms with E-state index in [4.69, 9.17) is 10.5 Å². The van der Waals surface area contributed by atoms with Gasteiger partial charge in [0.1, 0.15) is 0 Å². The molecule has 1 rings (SSSR count). The highest BCUT2D eigenvalue weighted by Gasteiger charge is 2.29. The molecule has 1 heterocycles. The van der Waals surface area contributed by atoms with Crippen LogP contribution in [0, 0.1) is 0 Å². The molecular formula is C13H26N2O2. The lowest BCUT2D eigenvalue weighted by atomic mass is 10.0. The van der Waals surface area contributed by atoms with Gasteiger partial charge in [-0.15, -0.1) is 0 Å². The number of likely N-dealkylation sites (tertiary alicyclic amines) is 1. The van der Waals surface area contributed by atoms with Crippen LogP contribution in [0.1, 0.15) is 46.0 Å². The molecule has 1 saturated heterocycles. The Morgan fingerprint density at radius 2 is 2.12 bits per heavy atom. The molecule has 4 heteroatoms. The first-order valence-electron chi connectivity index (χ1n) is 6.55. The fourth-order valence-electron chi connectivity index (χ4n) is 2.29. The summed E-state index contributed by atoms with van der Waals surface area (Å²) < 4.78 is 5.32. The molecule has 17 heavy (non-hydrogen) atoms. The van der Waals surface area contributed by atoms with E-state index in [0.29, 0.717) is 13.0 Å². The lowest BCUT2D eigenvalue weighted by Crippen LogP contribution is -2.46. The highest BCUT2D eigenvalue weighted by Crippen LogP contribution is 2.20. The standard InChI is InChI=1S/C13H26N2O2/c1-13(2,17-3)9-12(16)15-8-6-4-5-7-11(15)10-14/h11H,4-10,14H2,1-3H3. The molecule has 1 atom stereocenters. The Kier molecular flexibility index (Phi) is 5.40. The molecule has 2 N–H and O–H groups in total. The Hall–Kier alpha value is -0.610. The Morgan fingerprint density at radius 1 is 1.41 bits per heavy atom. The third kappa shape index (κ3) is 4.28. The molecule has 100 valence electrons. The summed E-state index contributed by atoms with van der Waals surface area (Å²) in [5, 5.41) is 0. The first-order valence-corrected chi connectivity index (χ1v) is 6.55. The van der Waals surface area contributed by atoms with Crippen LogP contribution in [0.2, 0.25) is 0 Å². The number of rotatable bonds is 4. The van der Waals surface area contributed by atoms with Crippen LogP contribution in [0.3, 0.4) is 0 Å². The van der Waals surface area contributed by atoms with E-state index in [1.807, 2.05) is 18.7 Å². The van der Waals surface area contributed by atoms with Gasteiger partial charge in [0.2, 0.25) is 5.91 Å². The molecule has 4 nitrogen and oxygen atoms in total. The van der Waals surface area contributed by atoms with Crippen LogP contribution in [-0.4, -0.2) is 42.6 Å². The quantitative estimate of drug-likeness (QED) is 0.813. The highest BCUT2D eigenvalue weighted by atomic mass is 16.5. The number of nitrogens with zero attached hydrogens (tertiary/aromatic N) is 1. The van der Waals surface area contributed by atoms with Gasteiger partial charge < -0.3 is 15.4 Å². The van der Waals surface area contributed by atoms with Crippen LogP contribution in [0.4, 0.5) is 0 Å². The Labute approximate surface area is 104 Å². The van der Waals surface area contributed by atoms with Crippen molar-refractivity contribution < 1.29 is 9.53 Å². The van der Waals surface area contributed by atoms with Crippen molar-refractivity contribution >= 4 is 5.91 Å². The van der Waals surface area contributed by atoms with Crippen molar-refractivity contribution in [2.24, 2.45) is 5.73 Å². The van der Waals surface area contributed by atoms with E-state index in [0.717, 1.165) is 19.4 Å². The minimum atomic E-state index is -0.386. The van der Waals surface area contributed by atoms with E-state index in [2.05, 4.69) is 0 Å². The van der Waals surface area contributed by atoms with Gasteiger partial charge in [0.15, 0.2) is 0 Å². The molecule has 0 bridgehead atoms. The summed E-state index contributed by atoms with van der Waals surface area (Å²) in [7, 11) is 1.65. The molecule has 0 aromatic carbocycles. The lowest BCUT2D eigenvalue weighted by Gasteiger charge is -2.32. The fourth-order valence-corrected chi connectivity index (χ4v) is 2.29. The SMILES string of the molecule is COC(C)(C)CC(=O)N1CCCCCC1CN. The smallest absolute Gasteiger partial charge is 0.225 e. The zero-order valence-electron chi connectivity index (χ0n) is 11.4. The second-order valence-corrected chi connectivity index (χ2v) is 5.47. The molecule has 1 aliphatic rings. The number of methoxy groups -OCH3 is 1. The minimum absolute atomic E-state index is 0.175. The number of carbonyl (C=O) groups excluding carboxylic acids is 1. The van der Waals surface area contributed by atoms with Crippen LogP contribution >= 0.6 is 0 Å². The first-order chi connectivity index (χ1) is 8.00. The molecule has 1 fully saturated rings. The average molecular weight is 242 g/mol. The summed E-state index contributed by atoms with van der Waals surface area (Å²) >= 11 is 0. The first kappa shape index (κ1) is 14.5. The highest BCUT2D eigenvalue weighted by molar-refractivity contribution is 5.77. The van der Waals surface area contributed by atoms with Gasteiger partial charge in [0.05, 0.1) is 12.0 Å². The van der Waals surface area contributed by atoms with Gasteiger partial charge in [-0.3, -0.25) is 4.79 Å². The largest absolute Gasteiger partial charge is 0.378 e. The van der Waals surface area contributed by atoms with Crippen molar-refractivity contribution in [3.8, 4) is 0 Å². The van der Waals surface area contributed by atoms with Crippen molar-refractivity contribution in [3.05, 3.63) is 0 Å². The monoisotopic (exact) mass is 242 g/mol. The summed E-state index contributed by atoms with van der Waals surface area (Å²) in [4.78, 5) is 14.3. The lowest BCUT2D eigenvalue weighted by molar-refractivity contribution is -0.138. The maximum atomic E-state index is 12.3. The molecule has 0 aliphatic carbocycles. The second-order valence-electron chi connectivity index (χ2n) is 5.47. The molecule has 0 spiro atoms. The van der Waals surface area contributed by atoms with Crippen molar-refractivity contribution in [2.45, 2.75) is 57.6 Å². The van der Waals surface area contributed by atoms with E-state index in [9.17, 15) is 4.79 Å². The van der Waals surface area contributed by atoms with Gasteiger partial charge >= 0.3 is 0 Å². The summed E-state index contributed by atoms with van der Waals surface area (Å²) in [5.74, 6) is 0.175. The number of carbonyl (C=O) groups is 1. The summed E-state index contributed by atoms with van der Waals surface area (Å²) in [6.07, 6.45) is 4.94. The Bertz CT molecular complexity index is 254. The van der Waals surface area contributed by atoms with Gasteiger partial charge in [-0.05, 0) is 26.7 Å². The van der Waals surface area contributed by atoms with Gasteiger partial charge in [0.25, 0.3) is 0 Å². The Morgan fingerprint density at radius 3 is 2.71 bits per heavy atom.